The van der Waals surface area contributed by atoms with E-state index in [2.05, 4.69) is 19.9 Å². The number of carbonyl (C=O) groups excluding carboxylic acids is 1. The van der Waals surface area contributed by atoms with Crippen LogP contribution >= 0.6 is 0 Å². The van der Waals surface area contributed by atoms with Crippen LogP contribution in [0.25, 0.3) is 0 Å². The van der Waals surface area contributed by atoms with Crippen molar-refractivity contribution >= 4 is 6.09 Å². The summed E-state index contributed by atoms with van der Waals surface area (Å²) in [5.74, 6) is 0. The quantitative estimate of drug-likeness (QED) is 0.728. The van der Waals surface area contributed by atoms with E-state index in [1.165, 1.54) is 23.2 Å². The van der Waals surface area contributed by atoms with Gasteiger partial charge >= 0.3 is 6.09 Å². The average Bonchev–Trinajstić information content (AvgIpc) is 2.77. The van der Waals surface area contributed by atoms with Crippen molar-refractivity contribution in [1.82, 2.24) is 9.88 Å². The molecule has 1 amide bonds. The van der Waals surface area contributed by atoms with Crippen molar-refractivity contribution in [3.63, 3.8) is 0 Å². The number of amides is 1. The smallest absolute Gasteiger partial charge is 0.410 e. The molecule has 2 heterocycles. The van der Waals surface area contributed by atoms with E-state index in [1.807, 2.05) is 25.7 Å². The van der Waals surface area contributed by atoms with Crippen molar-refractivity contribution in [3.8, 4) is 0 Å². The number of fused-ring (bicyclic) bond motifs is 2. The van der Waals surface area contributed by atoms with Crippen molar-refractivity contribution < 1.29 is 9.53 Å². The van der Waals surface area contributed by atoms with Gasteiger partial charge in [-0.2, -0.15) is 0 Å². The molecule has 1 saturated heterocycles. The highest BCUT2D eigenvalue weighted by molar-refractivity contribution is 5.68. The van der Waals surface area contributed by atoms with Crippen molar-refractivity contribution in [2.75, 3.05) is 13.1 Å². The summed E-state index contributed by atoms with van der Waals surface area (Å²) >= 11 is 0. The Morgan fingerprint density at radius 1 is 1.22 bits per heavy atom. The highest BCUT2D eigenvalue weighted by Gasteiger charge is 2.43. The monoisotopic (exact) mass is 316 g/mol. The molecule has 0 aromatic carbocycles. The number of carbonyl (C=O) groups is 1. The second kappa shape index (κ2) is 5.50. The molecule has 0 unspecified atom stereocenters. The maximum Gasteiger partial charge on any atom is 0.410 e. The number of hydrogen-bond acceptors (Lipinski definition) is 3. The third kappa shape index (κ3) is 3.08. The van der Waals surface area contributed by atoms with Gasteiger partial charge in [0.1, 0.15) is 5.60 Å². The molecule has 0 radical (unpaired) electrons. The number of likely N-dealkylation sites (tertiary alicyclic amines) is 1. The Morgan fingerprint density at radius 2 is 1.87 bits per heavy atom. The van der Waals surface area contributed by atoms with Crippen LogP contribution in [0, 0.1) is 13.8 Å². The summed E-state index contributed by atoms with van der Waals surface area (Å²) in [6, 6.07) is 2.31. The Morgan fingerprint density at radius 3 is 2.48 bits per heavy atom. The van der Waals surface area contributed by atoms with E-state index in [0.29, 0.717) is 0 Å². The predicted octanol–water partition coefficient (Wildman–Crippen LogP) is 3.91. The zero-order chi connectivity index (χ0) is 16.8. The third-order valence-electron chi connectivity index (χ3n) is 5.29. The van der Waals surface area contributed by atoms with Crippen LogP contribution in [0.15, 0.2) is 6.07 Å². The number of aromatic nitrogens is 1. The largest absolute Gasteiger partial charge is 0.444 e. The molecule has 4 nitrogen and oxygen atoms in total. The molecule has 1 aromatic heterocycles. The molecule has 4 heteroatoms. The van der Waals surface area contributed by atoms with Crippen molar-refractivity contribution in [2.45, 2.75) is 71.3 Å². The Labute approximate surface area is 139 Å². The maximum absolute atomic E-state index is 12.2. The molecule has 0 N–H and O–H groups in total. The molecule has 3 rings (SSSR count). The first-order valence-electron chi connectivity index (χ1n) is 8.66. The number of rotatable bonds is 0. The van der Waals surface area contributed by atoms with Gasteiger partial charge in [0.2, 0.25) is 0 Å². The van der Waals surface area contributed by atoms with Crippen LogP contribution in [0.4, 0.5) is 4.79 Å². The lowest BCUT2D eigenvalue weighted by Crippen LogP contribution is -2.46. The number of aryl methyl sites for hydroxylation is 3. The fraction of sp³-hybridized carbons (Fsp3) is 0.684. The van der Waals surface area contributed by atoms with Crippen LogP contribution in [0.5, 0.6) is 0 Å². The van der Waals surface area contributed by atoms with Crippen molar-refractivity contribution in [3.05, 3.63) is 28.6 Å². The van der Waals surface area contributed by atoms with Crippen LogP contribution in [-0.2, 0) is 16.6 Å². The highest BCUT2D eigenvalue weighted by atomic mass is 16.6. The van der Waals surface area contributed by atoms with Gasteiger partial charge in [0.15, 0.2) is 0 Å². The lowest BCUT2D eigenvalue weighted by atomic mass is 9.76. The molecular formula is C19H28N2O2. The Balaban J connectivity index is 1.73. The summed E-state index contributed by atoms with van der Waals surface area (Å²) in [4.78, 5) is 19.0. The summed E-state index contributed by atoms with van der Waals surface area (Å²) in [6.07, 6.45) is 4.10. The lowest BCUT2D eigenvalue weighted by Gasteiger charge is -2.39. The van der Waals surface area contributed by atoms with Gasteiger partial charge < -0.3 is 9.64 Å². The number of piperidine rings is 1. The first kappa shape index (κ1) is 16.3. The molecule has 1 spiro atoms. The molecule has 1 aromatic rings. The topological polar surface area (TPSA) is 42.4 Å². The minimum Gasteiger partial charge on any atom is -0.444 e. The second-order valence-corrected chi connectivity index (χ2v) is 8.15. The van der Waals surface area contributed by atoms with Gasteiger partial charge in [-0.15, -0.1) is 0 Å². The van der Waals surface area contributed by atoms with Gasteiger partial charge in [-0.25, -0.2) is 4.79 Å². The number of pyridine rings is 1. The van der Waals surface area contributed by atoms with Crippen LogP contribution in [-0.4, -0.2) is 34.7 Å². The van der Waals surface area contributed by atoms with E-state index in [-0.39, 0.29) is 11.5 Å². The van der Waals surface area contributed by atoms with Crippen LogP contribution in [0.2, 0.25) is 0 Å². The minimum atomic E-state index is -0.428. The minimum absolute atomic E-state index is 0.173. The second-order valence-electron chi connectivity index (χ2n) is 8.15. The maximum atomic E-state index is 12.2. The summed E-state index contributed by atoms with van der Waals surface area (Å²) in [5, 5.41) is 0. The number of hydrogen-bond donors (Lipinski definition) is 0. The van der Waals surface area contributed by atoms with Gasteiger partial charge in [-0.3, -0.25) is 4.98 Å². The van der Waals surface area contributed by atoms with E-state index < -0.39 is 5.60 Å². The Bertz CT molecular complexity index is 623. The van der Waals surface area contributed by atoms with E-state index in [1.54, 1.807) is 0 Å². The average molecular weight is 316 g/mol. The molecule has 1 aliphatic heterocycles. The van der Waals surface area contributed by atoms with E-state index in [4.69, 9.17) is 9.72 Å². The predicted molar refractivity (Wildman–Crippen MR) is 90.8 cm³/mol. The van der Waals surface area contributed by atoms with Crippen molar-refractivity contribution in [1.29, 1.82) is 0 Å². The number of ether oxygens (including phenoxy) is 1. The van der Waals surface area contributed by atoms with Gasteiger partial charge in [-0.05, 0) is 71.4 Å². The summed E-state index contributed by atoms with van der Waals surface area (Å²) in [6.45, 7) is 11.5. The molecular weight excluding hydrogens is 288 g/mol. The molecule has 0 bridgehead atoms. The highest BCUT2D eigenvalue weighted by Crippen LogP contribution is 2.45. The zero-order valence-electron chi connectivity index (χ0n) is 15.0. The fourth-order valence-corrected chi connectivity index (χ4v) is 3.83. The molecule has 126 valence electrons. The fourth-order valence-electron chi connectivity index (χ4n) is 3.83. The summed E-state index contributed by atoms with van der Waals surface area (Å²) in [7, 11) is 0. The molecule has 1 fully saturated rings. The molecule has 23 heavy (non-hydrogen) atoms. The van der Waals surface area contributed by atoms with Crippen LogP contribution in [0.3, 0.4) is 0 Å². The standard InChI is InChI=1S/C19H28N2O2/c1-13-12-15-6-7-19(16(15)20-14(13)2)8-10-21(11-9-19)17(22)23-18(3,4)5/h12H,6-11H2,1-5H3. The Hall–Kier alpha value is -1.58. The number of nitrogens with zero attached hydrogens (tertiary/aromatic N) is 2. The molecule has 1 aliphatic carbocycles. The van der Waals surface area contributed by atoms with E-state index >= 15 is 0 Å². The van der Waals surface area contributed by atoms with E-state index in [0.717, 1.165) is 38.0 Å². The third-order valence-corrected chi connectivity index (χ3v) is 5.29. The van der Waals surface area contributed by atoms with Gasteiger partial charge in [0.05, 0.1) is 5.69 Å². The van der Waals surface area contributed by atoms with Gasteiger partial charge in [0, 0.05) is 24.2 Å². The zero-order valence-corrected chi connectivity index (χ0v) is 15.0. The first-order valence-corrected chi connectivity index (χ1v) is 8.66. The Kier molecular flexibility index (Phi) is 3.89. The first-order chi connectivity index (χ1) is 10.7. The van der Waals surface area contributed by atoms with Gasteiger partial charge in [-0.1, -0.05) is 6.07 Å². The molecule has 0 saturated carbocycles. The van der Waals surface area contributed by atoms with Crippen molar-refractivity contribution in [2.24, 2.45) is 0 Å². The SMILES string of the molecule is Cc1cc2c(nc1C)C1(CC2)CCN(C(=O)OC(C)(C)C)CC1. The van der Waals surface area contributed by atoms with E-state index in [9.17, 15) is 4.79 Å². The summed E-state index contributed by atoms with van der Waals surface area (Å²) in [5.41, 5.74) is 4.88. The normalized spacial score (nSPS) is 19.8. The van der Waals surface area contributed by atoms with Crippen LogP contribution in [0.1, 0.15) is 62.5 Å². The lowest BCUT2D eigenvalue weighted by molar-refractivity contribution is 0.0162. The summed E-state index contributed by atoms with van der Waals surface area (Å²) < 4.78 is 5.50. The van der Waals surface area contributed by atoms with Gasteiger partial charge in [0.25, 0.3) is 0 Å². The van der Waals surface area contributed by atoms with Crippen LogP contribution < -0.4 is 0 Å². The molecule has 0 atom stereocenters. The molecule has 2 aliphatic rings.